The first kappa shape index (κ1) is 59.1. The van der Waals surface area contributed by atoms with E-state index < -0.39 is 0 Å². The number of rotatable bonds is 17. The van der Waals surface area contributed by atoms with Gasteiger partial charge in [0.25, 0.3) is 11.5 Å². The molecule has 7 heterocycles. The van der Waals surface area contributed by atoms with Crippen molar-refractivity contribution in [2.75, 3.05) is 82.6 Å². The molecule has 16 nitrogen and oxygen atoms in total. The molecule has 0 saturated carbocycles. The molecule has 9 rings (SSSR count). The molecular formula is C63H86N8O8. The Morgan fingerprint density at radius 3 is 1.56 bits per heavy atom. The normalized spacial score (nSPS) is 17.3. The number of nitrogens with one attached hydrogen (secondary N) is 2. The summed E-state index contributed by atoms with van der Waals surface area (Å²) >= 11 is 0. The molecule has 16 heteroatoms. The highest BCUT2D eigenvalue weighted by molar-refractivity contribution is 5.99. The van der Waals surface area contributed by atoms with Gasteiger partial charge in [-0.3, -0.25) is 29.4 Å². The molecule has 0 bridgehead atoms. The van der Waals surface area contributed by atoms with E-state index >= 15 is 0 Å². The van der Waals surface area contributed by atoms with E-state index in [1.807, 2.05) is 51.4 Å². The van der Waals surface area contributed by atoms with E-state index in [1.54, 1.807) is 0 Å². The van der Waals surface area contributed by atoms with Crippen molar-refractivity contribution in [2.45, 2.75) is 150 Å². The molecule has 0 aliphatic carbocycles. The molecule has 0 atom stereocenters. The Balaban J connectivity index is 0.000000216. The van der Waals surface area contributed by atoms with Crippen LogP contribution in [0.1, 0.15) is 145 Å². The summed E-state index contributed by atoms with van der Waals surface area (Å²) in [4.78, 5) is 61.4. The van der Waals surface area contributed by atoms with E-state index in [4.69, 9.17) is 24.2 Å². The molecule has 1 amide bonds. The predicted molar refractivity (Wildman–Crippen MR) is 312 cm³/mol. The first-order chi connectivity index (χ1) is 38.1. The van der Waals surface area contributed by atoms with Gasteiger partial charge in [-0.15, -0.1) is 0 Å². The van der Waals surface area contributed by atoms with Crippen LogP contribution < -0.4 is 20.7 Å². The highest BCUT2D eigenvalue weighted by Crippen LogP contribution is 2.36. The second kappa shape index (κ2) is 27.9. The van der Waals surface area contributed by atoms with Crippen LogP contribution in [0.2, 0.25) is 0 Å². The van der Waals surface area contributed by atoms with E-state index in [-0.39, 0.29) is 42.1 Å². The number of piperidine rings is 2. The number of anilines is 2. The molecule has 5 aromatic rings. The highest BCUT2D eigenvalue weighted by atomic mass is 16.5. The summed E-state index contributed by atoms with van der Waals surface area (Å²) in [5.41, 5.74) is 13.2. The minimum Gasteiger partial charge on any atom is -0.465 e. The van der Waals surface area contributed by atoms with Gasteiger partial charge >= 0.3 is 5.97 Å². The van der Waals surface area contributed by atoms with Crippen LogP contribution >= 0.6 is 0 Å². The third-order valence-corrected chi connectivity index (χ3v) is 16.5. The van der Waals surface area contributed by atoms with E-state index in [2.05, 4.69) is 94.0 Å². The third kappa shape index (κ3) is 15.1. The van der Waals surface area contributed by atoms with Crippen molar-refractivity contribution in [3.05, 3.63) is 128 Å². The van der Waals surface area contributed by atoms with E-state index in [0.717, 1.165) is 198 Å². The Labute approximate surface area is 467 Å². The van der Waals surface area contributed by atoms with Crippen LogP contribution in [0, 0.1) is 20.8 Å². The number of likely N-dealkylation sites (tertiary alicyclic amines) is 2. The molecular weight excluding hydrogens is 997 g/mol. The number of benzene rings is 2. The lowest BCUT2D eigenvalue weighted by Crippen LogP contribution is -2.40. The monoisotopic (exact) mass is 1080 g/mol. The molecule has 4 aliphatic rings. The summed E-state index contributed by atoms with van der Waals surface area (Å²) in [6.45, 7) is 24.3. The van der Waals surface area contributed by atoms with Crippen molar-refractivity contribution in [1.29, 1.82) is 0 Å². The second-order valence-corrected chi connectivity index (χ2v) is 22.2. The van der Waals surface area contributed by atoms with Crippen LogP contribution in [-0.4, -0.2) is 144 Å². The number of aliphatic hydroxyl groups is 2. The molecule has 0 radical (unpaired) electrons. The molecule has 4 fully saturated rings. The zero-order valence-electron chi connectivity index (χ0n) is 48.1. The minimum atomic E-state index is -0.319. The molecule has 4 saturated heterocycles. The van der Waals surface area contributed by atoms with E-state index in [9.17, 15) is 24.6 Å². The number of aromatic nitrogens is 3. The zero-order valence-corrected chi connectivity index (χ0v) is 48.1. The van der Waals surface area contributed by atoms with E-state index in [1.165, 1.54) is 7.11 Å². The largest absolute Gasteiger partial charge is 0.465 e. The standard InChI is InChI=1S/C36H49N5O4.C27H37N3O4/c1-6-41(29-11-15-45-16-12-29)34-19-27(26-7-8-28(37-20-26)22-40-13-9-30(42)10-14-40)18-32(25(34)5)35(43)38-21-33-31(23(2)3)17-24(4)39-36(33)44;1-4-30(23-9-13-34-14-10-23)26-16-21(15-25(19(26)2)27(32)33-3)20-5-6-22(28-17-20)18-29-11-7-24(31)8-12-29/h7-8,17-20,23,29-30,42H,6,9-16,21-22H2,1-5H3,(H,38,43)(H,39,44);5-6,15-17,23-24,31H,4,7-14,18H2,1-3H3. The van der Waals surface area contributed by atoms with Gasteiger partial charge in [-0.05, 0) is 162 Å². The number of pyridine rings is 3. The molecule has 79 heavy (non-hydrogen) atoms. The molecule has 3 aromatic heterocycles. The zero-order chi connectivity index (χ0) is 56.2. The molecule has 426 valence electrons. The van der Waals surface area contributed by atoms with Gasteiger partial charge in [0.05, 0.1) is 36.3 Å². The summed E-state index contributed by atoms with van der Waals surface area (Å²) in [5.74, 6) is -0.366. The lowest BCUT2D eigenvalue weighted by atomic mass is 9.95. The second-order valence-electron chi connectivity index (χ2n) is 22.2. The average molecular weight is 1080 g/mol. The van der Waals surface area contributed by atoms with Crippen molar-refractivity contribution < 1.29 is 34.0 Å². The van der Waals surface area contributed by atoms with Crippen LogP contribution in [0.25, 0.3) is 22.3 Å². The topological polar surface area (TPSA) is 186 Å². The number of aromatic amines is 1. The van der Waals surface area contributed by atoms with Gasteiger partial charge in [-0.2, -0.15) is 0 Å². The summed E-state index contributed by atoms with van der Waals surface area (Å²) in [7, 11) is 1.43. The summed E-state index contributed by atoms with van der Waals surface area (Å²) < 4.78 is 16.4. The number of methoxy groups -OCH3 is 1. The van der Waals surface area contributed by atoms with Gasteiger partial charge in [0.1, 0.15) is 0 Å². The van der Waals surface area contributed by atoms with Crippen LogP contribution in [0.3, 0.4) is 0 Å². The number of ether oxygens (including phenoxy) is 3. The number of amides is 1. The lowest BCUT2D eigenvalue weighted by Gasteiger charge is -2.37. The molecule has 0 unspecified atom stereocenters. The Bertz CT molecular complexity index is 2860. The Hall–Kier alpha value is -6.01. The van der Waals surface area contributed by atoms with Gasteiger partial charge in [-0.1, -0.05) is 26.0 Å². The quantitative estimate of drug-likeness (QED) is 0.0647. The molecule has 4 aliphatic heterocycles. The number of carbonyl (C=O) groups is 2. The van der Waals surface area contributed by atoms with Crippen molar-refractivity contribution in [1.82, 2.24) is 30.1 Å². The van der Waals surface area contributed by atoms with Crippen LogP contribution in [-0.2, 0) is 33.8 Å². The van der Waals surface area contributed by atoms with Crippen molar-refractivity contribution in [3.8, 4) is 22.3 Å². The predicted octanol–water partition coefficient (Wildman–Crippen LogP) is 8.87. The van der Waals surface area contributed by atoms with Crippen molar-refractivity contribution in [3.63, 3.8) is 0 Å². The van der Waals surface area contributed by atoms with Gasteiger partial charge in [0.2, 0.25) is 0 Å². The fraction of sp³-hybridized carbons (Fsp3) is 0.540. The summed E-state index contributed by atoms with van der Waals surface area (Å²) in [6, 6.07) is 19.3. The number of aryl methyl sites for hydroxylation is 1. The number of aliphatic hydroxyl groups excluding tert-OH is 2. The van der Waals surface area contributed by atoms with Gasteiger partial charge in [-0.25, -0.2) is 4.79 Å². The minimum absolute atomic E-state index is 0.155. The maximum Gasteiger partial charge on any atom is 0.338 e. The fourth-order valence-electron chi connectivity index (χ4n) is 11.8. The molecule has 4 N–H and O–H groups in total. The van der Waals surface area contributed by atoms with Gasteiger partial charge in [0, 0.05) is 149 Å². The number of nitrogens with zero attached hydrogens (tertiary/aromatic N) is 6. The molecule has 2 aromatic carbocycles. The van der Waals surface area contributed by atoms with Gasteiger partial charge in [0.15, 0.2) is 0 Å². The highest BCUT2D eigenvalue weighted by Gasteiger charge is 2.28. The number of hydrogen-bond donors (Lipinski definition) is 4. The number of carbonyl (C=O) groups excluding carboxylic acids is 2. The SMILES string of the molecule is CCN(c1cc(-c2ccc(CN3CCC(O)CC3)nc2)cc(C(=O)NCc2c(C(C)C)cc(C)[nH]c2=O)c1C)C1CCOCC1.CCN(c1cc(-c2ccc(CN3CCC(O)CC3)nc2)cc(C(=O)OC)c1C)C1CCOCC1. The van der Waals surface area contributed by atoms with Crippen LogP contribution in [0.5, 0.6) is 0 Å². The number of esters is 1. The summed E-state index contributed by atoms with van der Waals surface area (Å²) in [5, 5.41) is 22.7. The van der Waals surface area contributed by atoms with Crippen LogP contribution in [0.4, 0.5) is 11.4 Å². The Morgan fingerprint density at radius 1 is 0.684 bits per heavy atom. The lowest BCUT2D eigenvalue weighted by molar-refractivity contribution is 0.0599. The average Bonchev–Trinajstić information content (AvgIpc) is 3.59. The number of hydrogen-bond acceptors (Lipinski definition) is 14. The van der Waals surface area contributed by atoms with Crippen molar-refractivity contribution in [2.24, 2.45) is 0 Å². The van der Waals surface area contributed by atoms with Gasteiger partial charge < -0.3 is 44.5 Å². The first-order valence-electron chi connectivity index (χ1n) is 28.9. The Kier molecular flexibility index (Phi) is 20.9. The smallest absolute Gasteiger partial charge is 0.338 e. The van der Waals surface area contributed by atoms with E-state index in [0.29, 0.717) is 28.8 Å². The van der Waals surface area contributed by atoms with Crippen molar-refractivity contribution >= 4 is 23.3 Å². The number of H-pyrrole nitrogens is 1. The third-order valence-electron chi connectivity index (χ3n) is 16.5. The maximum atomic E-state index is 13.9. The maximum absolute atomic E-state index is 13.9. The fourth-order valence-corrected chi connectivity index (χ4v) is 11.8. The first-order valence-corrected chi connectivity index (χ1v) is 28.9. The van der Waals surface area contributed by atoms with Crippen LogP contribution in [0.15, 0.2) is 71.8 Å². The Morgan fingerprint density at radius 2 is 1.14 bits per heavy atom. The summed E-state index contributed by atoms with van der Waals surface area (Å²) in [6.07, 6.45) is 10.5. The molecule has 0 spiro atoms.